The Hall–Kier alpha value is -3.56. The maximum Gasteiger partial charge on any atom is 0.257 e. The van der Waals surface area contributed by atoms with Crippen molar-refractivity contribution in [1.29, 1.82) is 0 Å². The predicted octanol–water partition coefficient (Wildman–Crippen LogP) is -0.0553. The highest BCUT2D eigenvalue weighted by molar-refractivity contribution is 5.99. The van der Waals surface area contributed by atoms with E-state index in [9.17, 15) is 9.59 Å². The molecule has 1 aromatic carbocycles. The fourth-order valence-electron chi connectivity index (χ4n) is 2.28. The summed E-state index contributed by atoms with van der Waals surface area (Å²) in [4.78, 5) is 26.6. The molecule has 0 bridgehead atoms. The Morgan fingerprint density at radius 1 is 1.24 bits per heavy atom. The van der Waals surface area contributed by atoms with Crippen LogP contribution in [0.4, 0.5) is 0 Å². The summed E-state index contributed by atoms with van der Waals surface area (Å²) < 4.78 is 1.28. The largest absolute Gasteiger partial charge is 0.347 e. The van der Waals surface area contributed by atoms with E-state index < -0.39 is 11.9 Å². The van der Waals surface area contributed by atoms with Gasteiger partial charge in [-0.15, -0.1) is 5.10 Å². The summed E-state index contributed by atoms with van der Waals surface area (Å²) in [6.07, 6.45) is 2.69. The number of carbonyl (C=O) groups excluding carboxylic acids is 2. The molecule has 2 N–H and O–H groups in total. The maximum absolute atomic E-state index is 12.7. The van der Waals surface area contributed by atoms with Crippen molar-refractivity contribution in [1.82, 2.24) is 40.6 Å². The summed E-state index contributed by atoms with van der Waals surface area (Å²) in [5.41, 5.74) is 0.904. The van der Waals surface area contributed by atoms with Crippen LogP contribution in [0.1, 0.15) is 22.0 Å². The van der Waals surface area contributed by atoms with Gasteiger partial charge in [-0.05, 0) is 16.0 Å². The molecule has 2 aromatic heterocycles. The normalized spacial score (nSPS) is 11.8. The van der Waals surface area contributed by atoms with Crippen LogP contribution in [-0.4, -0.2) is 61.2 Å². The Balaban J connectivity index is 1.89. The van der Waals surface area contributed by atoms with Crippen LogP contribution in [0, 0.1) is 0 Å². The third-order valence-corrected chi connectivity index (χ3v) is 3.54. The van der Waals surface area contributed by atoms with Crippen molar-refractivity contribution in [2.75, 3.05) is 14.1 Å². The van der Waals surface area contributed by atoms with E-state index in [4.69, 9.17) is 0 Å². The van der Waals surface area contributed by atoms with Gasteiger partial charge in [-0.1, -0.05) is 30.3 Å². The maximum atomic E-state index is 12.7. The van der Waals surface area contributed by atoms with Crippen molar-refractivity contribution < 1.29 is 9.59 Å². The van der Waals surface area contributed by atoms with Gasteiger partial charge < -0.3 is 10.2 Å². The number of rotatable bonds is 5. The molecule has 10 heteroatoms. The van der Waals surface area contributed by atoms with Crippen LogP contribution in [0.15, 0.2) is 42.9 Å². The molecule has 0 saturated carbocycles. The number of nitrogens with one attached hydrogen (secondary N) is 2. The molecule has 2 heterocycles. The van der Waals surface area contributed by atoms with Crippen molar-refractivity contribution >= 4 is 11.8 Å². The van der Waals surface area contributed by atoms with Gasteiger partial charge in [-0.3, -0.25) is 14.7 Å². The molecule has 0 aliphatic heterocycles. The number of tetrazole rings is 1. The lowest BCUT2D eigenvalue weighted by atomic mass is 10.1. The Morgan fingerprint density at radius 2 is 2.00 bits per heavy atom. The molecule has 1 unspecified atom stereocenters. The summed E-state index contributed by atoms with van der Waals surface area (Å²) in [6, 6.07) is 8.20. The molecule has 0 fully saturated rings. The van der Waals surface area contributed by atoms with Crippen molar-refractivity contribution in [3.63, 3.8) is 0 Å². The van der Waals surface area contributed by atoms with Crippen LogP contribution < -0.4 is 5.32 Å². The van der Waals surface area contributed by atoms with Gasteiger partial charge in [0.05, 0.1) is 6.20 Å². The van der Waals surface area contributed by atoms with Crippen LogP contribution in [-0.2, 0) is 4.79 Å². The molecule has 2 amide bonds. The minimum Gasteiger partial charge on any atom is -0.347 e. The molecule has 0 radical (unpaired) electrons. The molecular formula is C15H16N8O2. The molecule has 10 nitrogen and oxygen atoms in total. The number of aromatic amines is 1. The van der Waals surface area contributed by atoms with E-state index >= 15 is 0 Å². The highest BCUT2D eigenvalue weighted by atomic mass is 16.2. The molecule has 0 aliphatic carbocycles. The number of nitrogens with zero attached hydrogens (tertiary/aromatic N) is 6. The van der Waals surface area contributed by atoms with Gasteiger partial charge in [0.2, 0.25) is 5.91 Å². The number of carbonyl (C=O) groups is 2. The zero-order chi connectivity index (χ0) is 17.8. The molecule has 1 atom stereocenters. The van der Waals surface area contributed by atoms with Crippen LogP contribution in [0.5, 0.6) is 0 Å². The van der Waals surface area contributed by atoms with Gasteiger partial charge in [0.25, 0.3) is 5.91 Å². The summed E-state index contributed by atoms with van der Waals surface area (Å²) in [5.74, 6) is -0.401. The summed E-state index contributed by atoms with van der Waals surface area (Å²) in [6.45, 7) is 0. The Labute approximate surface area is 142 Å². The lowest BCUT2D eigenvalue weighted by molar-refractivity contribution is -0.130. The first kappa shape index (κ1) is 16.3. The second-order valence-electron chi connectivity index (χ2n) is 5.44. The Kier molecular flexibility index (Phi) is 4.50. The zero-order valence-electron chi connectivity index (χ0n) is 13.6. The summed E-state index contributed by atoms with van der Waals surface area (Å²) >= 11 is 0. The van der Waals surface area contributed by atoms with Gasteiger partial charge in [0.1, 0.15) is 17.9 Å². The van der Waals surface area contributed by atoms with E-state index in [1.54, 1.807) is 26.2 Å². The average Bonchev–Trinajstić information content (AvgIpc) is 3.30. The molecule has 128 valence electrons. The highest BCUT2D eigenvalue weighted by Crippen LogP contribution is 2.17. The van der Waals surface area contributed by atoms with Crippen molar-refractivity contribution in [2.24, 2.45) is 0 Å². The van der Waals surface area contributed by atoms with Gasteiger partial charge in [-0.25, -0.2) is 0 Å². The lowest BCUT2D eigenvalue weighted by Crippen LogP contribution is -2.40. The second-order valence-corrected chi connectivity index (χ2v) is 5.44. The Morgan fingerprint density at radius 3 is 2.64 bits per heavy atom. The molecule has 3 aromatic rings. The van der Waals surface area contributed by atoms with E-state index in [0.29, 0.717) is 11.4 Å². The smallest absolute Gasteiger partial charge is 0.257 e. The van der Waals surface area contributed by atoms with Crippen LogP contribution in [0.25, 0.3) is 5.82 Å². The second kappa shape index (κ2) is 6.91. The van der Waals surface area contributed by atoms with E-state index in [1.807, 2.05) is 18.2 Å². The quantitative estimate of drug-likeness (QED) is 0.671. The average molecular weight is 340 g/mol. The molecule has 3 rings (SSSR count). The zero-order valence-corrected chi connectivity index (χ0v) is 13.6. The Bertz CT molecular complexity index is 857. The highest BCUT2D eigenvalue weighted by Gasteiger charge is 2.26. The number of aromatic nitrogens is 6. The SMILES string of the molecule is CN(C)C(=O)C(NC(=O)c1cn[nH]c1-n1cnnn1)c1ccccc1. The van der Waals surface area contributed by atoms with Crippen LogP contribution in [0.3, 0.4) is 0 Å². The van der Waals surface area contributed by atoms with E-state index in [1.165, 1.54) is 22.1 Å². The van der Waals surface area contributed by atoms with Gasteiger partial charge in [0.15, 0.2) is 5.82 Å². The minimum absolute atomic E-state index is 0.222. The molecule has 0 aliphatic rings. The first-order valence-corrected chi connectivity index (χ1v) is 7.41. The van der Waals surface area contributed by atoms with Gasteiger partial charge in [0, 0.05) is 14.1 Å². The standard InChI is InChI=1S/C15H16N8O2/c1-22(2)15(25)12(10-6-4-3-5-7-10)18-14(24)11-8-16-19-13(11)23-9-17-20-21-23/h3-9,12H,1-2H3,(H,16,19)(H,18,24). The number of benzene rings is 1. The van der Waals surface area contributed by atoms with Crippen LogP contribution in [0.2, 0.25) is 0 Å². The number of H-pyrrole nitrogens is 1. The topological polar surface area (TPSA) is 122 Å². The number of likely N-dealkylation sites (N-methyl/N-ethyl adjacent to an activating group) is 1. The minimum atomic E-state index is -0.819. The van der Waals surface area contributed by atoms with Crippen LogP contribution >= 0.6 is 0 Å². The lowest BCUT2D eigenvalue weighted by Gasteiger charge is -2.22. The van der Waals surface area contributed by atoms with E-state index in [-0.39, 0.29) is 11.5 Å². The molecule has 0 spiro atoms. The molecule has 25 heavy (non-hydrogen) atoms. The predicted molar refractivity (Wildman–Crippen MR) is 86.6 cm³/mol. The summed E-state index contributed by atoms with van der Waals surface area (Å²) in [5, 5.41) is 20.1. The first-order valence-electron chi connectivity index (χ1n) is 7.41. The molecule has 0 saturated heterocycles. The fourth-order valence-corrected chi connectivity index (χ4v) is 2.28. The number of hydrogen-bond acceptors (Lipinski definition) is 6. The fraction of sp³-hybridized carbons (Fsp3) is 0.200. The third-order valence-electron chi connectivity index (χ3n) is 3.54. The van der Waals surface area contributed by atoms with Crippen molar-refractivity contribution in [3.8, 4) is 5.82 Å². The molecular weight excluding hydrogens is 324 g/mol. The van der Waals surface area contributed by atoms with Crippen molar-refractivity contribution in [3.05, 3.63) is 54.0 Å². The van der Waals surface area contributed by atoms with E-state index in [2.05, 4.69) is 31.0 Å². The van der Waals surface area contributed by atoms with Crippen molar-refractivity contribution in [2.45, 2.75) is 6.04 Å². The third kappa shape index (κ3) is 3.37. The van der Waals surface area contributed by atoms with E-state index in [0.717, 1.165) is 0 Å². The van der Waals surface area contributed by atoms with Gasteiger partial charge >= 0.3 is 0 Å². The summed E-state index contributed by atoms with van der Waals surface area (Å²) in [7, 11) is 3.27. The monoisotopic (exact) mass is 340 g/mol. The first-order chi connectivity index (χ1) is 12.1. The number of amides is 2. The number of hydrogen-bond donors (Lipinski definition) is 2. The van der Waals surface area contributed by atoms with Gasteiger partial charge in [-0.2, -0.15) is 9.78 Å².